The van der Waals surface area contributed by atoms with Gasteiger partial charge >= 0.3 is 12.2 Å². The average Bonchev–Trinajstić information content (AvgIpc) is 1.45. The van der Waals surface area contributed by atoms with Crippen LogP contribution in [0.2, 0.25) is 0 Å². The molecule has 2 aromatic rings. The number of ether oxygens (including phenoxy) is 3. The van der Waals surface area contributed by atoms with Crippen LogP contribution in [0.4, 0.5) is 21.0 Å². The summed E-state index contributed by atoms with van der Waals surface area (Å²) >= 11 is 0. The molecule has 0 aromatic heterocycles. The van der Waals surface area contributed by atoms with Crippen LogP contribution in [-0.4, -0.2) is 191 Å². The molecule has 22 heteroatoms. The minimum absolute atomic E-state index is 0.000458. The number of rotatable bonds is 24. The molecule has 9 aliphatic rings. The van der Waals surface area contributed by atoms with Crippen molar-refractivity contribution in [3.05, 3.63) is 82.0 Å². The smallest absolute Gasteiger partial charge is 0.410 e. The molecule has 5 heterocycles. The number of ketones is 1. The van der Waals surface area contributed by atoms with Gasteiger partial charge in [-0.25, -0.2) is 9.59 Å². The lowest BCUT2D eigenvalue weighted by molar-refractivity contribution is -0.245. The summed E-state index contributed by atoms with van der Waals surface area (Å²) in [6, 6.07) is 10.7. The molecule has 2 aromatic carbocycles. The van der Waals surface area contributed by atoms with Crippen molar-refractivity contribution in [3.63, 3.8) is 0 Å². The molecule has 4 saturated heterocycles. The van der Waals surface area contributed by atoms with Crippen molar-refractivity contribution in [1.29, 1.82) is 0 Å². The number of allylic oxidation sites excluding steroid dienone is 4. The summed E-state index contributed by atoms with van der Waals surface area (Å²) in [4.78, 5) is 144. The number of piperazine rings is 2. The molecule has 3 unspecified atom stereocenters. The van der Waals surface area contributed by atoms with E-state index in [1.165, 1.54) is 37.0 Å². The molecule has 540 valence electrons. The topological polar surface area (TPSA) is 254 Å². The number of fused-ring (bicyclic) bond motifs is 4. The summed E-state index contributed by atoms with van der Waals surface area (Å²) in [7, 11) is 2.02. The average molecular weight is 1380 g/mol. The van der Waals surface area contributed by atoms with Crippen LogP contribution in [0.3, 0.4) is 0 Å². The van der Waals surface area contributed by atoms with Gasteiger partial charge in [-0.15, -0.1) is 5.92 Å². The van der Waals surface area contributed by atoms with Crippen LogP contribution in [0.1, 0.15) is 222 Å². The van der Waals surface area contributed by atoms with E-state index in [4.69, 9.17) is 14.2 Å². The van der Waals surface area contributed by atoms with Crippen molar-refractivity contribution >= 4 is 70.7 Å². The Labute approximate surface area is 589 Å². The molecule has 9 amide bonds. The standard InChI is InChI=1S/C78H105N9O13/c1-9-37-78-38-36-59-56-32-28-52-46-54(88)31-33-55(52)66(56)58(47-77(59,78)50-98-78)51-26-29-53(30-27-51)82(8)41-22-25-65(90)85-44-42-84(74(97)100-76(5,6)7)49-63(85)71(94)86-45-43-83(73(96)99-75(2,3)4)48-62(86)68(91)80-40-20-18-16-14-12-10-11-13-15-17-19-39-79-60-24-21-23-57-67(60)72(95)87(70(57)93)61-34-35-64(89)81-69(61)92/h21,23-24,26-27,29-30,46,56,58-59,61-63,79H,10-20,22,25,28,31-36,38-45,47-50H2,1-8H3,(H,80,91)(H,81,89,92)/t56-,58+,59-,61?,62?,63?,77+,78-/m0/s1. The lowest BCUT2D eigenvalue weighted by Crippen LogP contribution is -2.68. The molecular weight excluding hydrogens is 1270 g/mol. The number of benzene rings is 2. The van der Waals surface area contributed by atoms with E-state index in [1.807, 2.05) is 20.0 Å². The van der Waals surface area contributed by atoms with Crippen LogP contribution < -0.4 is 20.9 Å². The van der Waals surface area contributed by atoms with Gasteiger partial charge in [-0.2, -0.15) is 0 Å². The Kier molecular flexibility index (Phi) is 22.7. The fraction of sp³-hybridized carbons (Fsp3) is 0.641. The number of unbranched alkanes of at least 4 members (excludes halogenated alkanes) is 10. The maximum atomic E-state index is 15.3. The van der Waals surface area contributed by atoms with Gasteiger partial charge in [-0.05, 0) is 172 Å². The Morgan fingerprint density at radius 3 is 1.98 bits per heavy atom. The van der Waals surface area contributed by atoms with Crippen molar-refractivity contribution in [2.45, 2.75) is 231 Å². The second kappa shape index (κ2) is 31.0. The van der Waals surface area contributed by atoms with E-state index in [0.29, 0.717) is 50.0 Å². The summed E-state index contributed by atoms with van der Waals surface area (Å²) in [6.07, 6.45) is 18.9. The third-order valence-electron chi connectivity index (χ3n) is 22.3. The fourth-order valence-electron chi connectivity index (χ4n) is 17.3. The number of nitrogens with one attached hydrogen (secondary N) is 3. The highest BCUT2D eigenvalue weighted by Gasteiger charge is 2.71. The molecule has 11 rings (SSSR count). The van der Waals surface area contributed by atoms with Gasteiger partial charge in [-0.1, -0.05) is 87.5 Å². The van der Waals surface area contributed by atoms with Crippen LogP contribution in [-0.2, 0) is 43.0 Å². The molecular formula is C78H105N9O13. The largest absolute Gasteiger partial charge is 0.444 e. The molecule has 2 saturated carbocycles. The molecule has 0 bridgehead atoms. The summed E-state index contributed by atoms with van der Waals surface area (Å²) in [5.41, 5.74) is 5.52. The van der Waals surface area contributed by atoms with E-state index in [0.717, 1.165) is 126 Å². The number of amides is 9. The molecule has 8 atom stereocenters. The normalized spacial score (nSPS) is 25.7. The first-order chi connectivity index (χ1) is 47.8. The third kappa shape index (κ3) is 15.8. The predicted molar refractivity (Wildman–Crippen MR) is 378 cm³/mol. The minimum Gasteiger partial charge on any atom is -0.444 e. The monoisotopic (exact) mass is 1380 g/mol. The summed E-state index contributed by atoms with van der Waals surface area (Å²) < 4.78 is 18.0. The lowest BCUT2D eigenvalue weighted by Gasteiger charge is -2.61. The second-order valence-electron chi connectivity index (χ2n) is 31.2. The van der Waals surface area contributed by atoms with Gasteiger partial charge in [0.15, 0.2) is 5.78 Å². The molecule has 1 spiro atoms. The maximum absolute atomic E-state index is 15.3. The molecule has 22 nitrogen and oxygen atoms in total. The zero-order chi connectivity index (χ0) is 71.3. The zero-order valence-electron chi connectivity index (χ0n) is 60.2. The maximum Gasteiger partial charge on any atom is 0.410 e. The number of carbonyl (C=O) groups is 10. The van der Waals surface area contributed by atoms with Crippen molar-refractivity contribution in [2.75, 3.05) is 82.8 Å². The Bertz CT molecular complexity index is 3610. The number of imide groups is 2. The molecule has 4 aliphatic carbocycles. The molecule has 3 N–H and O–H groups in total. The zero-order valence-corrected chi connectivity index (χ0v) is 60.2. The van der Waals surface area contributed by atoms with Crippen molar-refractivity contribution < 1.29 is 62.2 Å². The van der Waals surface area contributed by atoms with E-state index >= 15 is 4.79 Å². The van der Waals surface area contributed by atoms with E-state index in [1.54, 1.807) is 64.6 Å². The Morgan fingerprint density at radius 1 is 0.710 bits per heavy atom. The molecule has 6 fully saturated rings. The van der Waals surface area contributed by atoms with Crippen LogP contribution in [0.15, 0.2) is 65.3 Å². The quantitative estimate of drug-likeness (QED) is 0.0502. The summed E-state index contributed by atoms with van der Waals surface area (Å²) in [5, 5.41) is 8.63. The predicted octanol–water partition coefficient (Wildman–Crippen LogP) is 10.4. The number of carbonyl (C=O) groups excluding carboxylic acids is 10. The number of nitrogens with zero attached hydrogens (tertiary/aromatic N) is 6. The number of hydrogen-bond donors (Lipinski definition) is 3. The Balaban J connectivity index is 0.654. The highest BCUT2D eigenvalue weighted by Crippen LogP contribution is 2.71. The first kappa shape index (κ1) is 73.2. The van der Waals surface area contributed by atoms with E-state index in [2.05, 4.69) is 57.0 Å². The number of anilines is 2. The highest BCUT2D eigenvalue weighted by molar-refractivity contribution is 6.25. The summed E-state index contributed by atoms with van der Waals surface area (Å²) in [5.74, 6) is 4.93. The van der Waals surface area contributed by atoms with Crippen molar-refractivity contribution in [1.82, 2.24) is 35.1 Å². The SMILES string of the molecule is CC#C[C@]12CC[C@H]3[C@@H]4CCC5=CC(=O)CCC5=C4[C@@H](c4ccc(N(C)CCCC(=O)N5CCN(C(=O)OC(C)(C)C)CC5C(=O)N5CCN(C(=O)OC(C)(C)C)CC5C(=O)NCCCCCCCCCCCCCNc5cccc6c5C(=O)N(C5CCC(=O)NC5=O)C6=O)cc4)C[C@@]31CO2. The first-order valence-electron chi connectivity index (χ1n) is 37.1. The third-order valence-corrected chi connectivity index (χ3v) is 22.3. The van der Waals surface area contributed by atoms with Crippen molar-refractivity contribution in [2.24, 2.45) is 17.3 Å². The second-order valence-corrected chi connectivity index (χ2v) is 31.2. The number of piperidine rings is 1. The van der Waals surface area contributed by atoms with Gasteiger partial charge in [0.05, 0.1) is 30.8 Å². The van der Waals surface area contributed by atoms with Gasteiger partial charge in [0.25, 0.3) is 11.8 Å². The fourth-order valence-corrected chi connectivity index (χ4v) is 17.3. The van der Waals surface area contributed by atoms with Gasteiger partial charge in [0.2, 0.25) is 29.5 Å². The lowest BCUT2D eigenvalue weighted by atomic mass is 9.49. The van der Waals surface area contributed by atoms with Crippen LogP contribution in [0, 0.1) is 29.1 Å². The van der Waals surface area contributed by atoms with Crippen LogP contribution in [0.5, 0.6) is 0 Å². The van der Waals surface area contributed by atoms with Gasteiger partial charge < -0.3 is 49.3 Å². The Morgan fingerprint density at radius 2 is 1.35 bits per heavy atom. The minimum atomic E-state index is -1.12. The van der Waals surface area contributed by atoms with Crippen LogP contribution >= 0.6 is 0 Å². The van der Waals surface area contributed by atoms with Crippen molar-refractivity contribution in [3.8, 4) is 11.8 Å². The molecule has 0 radical (unpaired) electrons. The van der Waals surface area contributed by atoms with Gasteiger partial charge in [0, 0.05) is 94.8 Å². The molecule has 100 heavy (non-hydrogen) atoms. The van der Waals surface area contributed by atoms with Gasteiger partial charge in [0.1, 0.15) is 34.9 Å². The van der Waals surface area contributed by atoms with E-state index in [9.17, 15) is 43.2 Å². The van der Waals surface area contributed by atoms with E-state index in [-0.39, 0.29) is 92.7 Å². The molecule has 5 aliphatic heterocycles. The van der Waals surface area contributed by atoms with Crippen LogP contribution in [0.25, 0.3) is 0 Å². The van der Waals surface area contributed by atoms with E-state index < -0.39 is 82.6 Å². The highest BCUT2D eigenvalue weighted by atomic mass is 16.6. The first-order valence-corrected chi connectivity index (χ1v) is 37.1. The number of hydrogen-bond acceptors (Lipinski definition) is 15. The summed E-state index contributed by atoms with van der Waals surface area (Å²) in [6.45, 7) is 14.9. The Hall–Kier alpha value is -8.06. The van der Waals surface area contributed by atoms with Gasteiger partial charge in [-0.3, -0.25) is 48.6 Å².